The molecule has 2 aromatic rings. The molecule has 1 aliphatic rings. The summed E-state index contributed by atoms with van der Waals surface area (Å²) >= 11 is 0. The summed E-state index contributed by atoms with van der Waals surface area (Å²) < 4.78 is 11.5. The highest BCUT2D eigenvalue weighted by Gasteiger charge is 2.27. The molecule has 1 aliphatic heterocycles. The van der Waals surface area contributed by atoms with Crippen LogP contribution in [-0.4, -0.2) is 37.7 Å². The Morgan fingerprint density at radius 3 is 2.48 bits per heavy atom. The van der Waals surface area contributed by atoms with Gasteiger partial charge in [0, 0.05) is 11.8 Å². The van der Waals surface area contributed by atoms with Crippen LogP contribution >= 0.6 is 0 Å². The summed E-state index contributed by atoms with van der Waals surface area (Å²) in [5.41, 5.74) is 0.743. The van der Waals surface area contributed by atoms with E-state index in [4.69, 9.17) is 9.47 Å². The van der Waals surface area contributed by atoms with E-state index in [9.17, 15) is 4.79 Å². The molecule has 132 valence electrons. The first-order chi connectivity index (χ1) is 12.1. The molecular formula is C20H25N2O3+. The monoisotopic (exact) mass is 341 g/mol. The number of anilines is 1. The lowest BCUT2D eigenvalue weighted by molar-refractivity contribution is -0.907. The number of quaternary nitrogens is 1. The van der Waals surface area contributed by atoms with Crippen molar-refractivity contribution in [2.75, 3.05) is 25.0 Å². The molecule has 0 bridgehead atoms. The van der Waals surface area contributed by atoms with E-state index in [1.165, 1.54) is 4.90 Å². The largest absolute Gasteiger partial charge is 0.457 e. The molecule has 0 aliphatic carbocycles. The molecule has 0 aromatic heterocycles. The van der Waals surface area contributed by atoms with Crippen molar-refractivity contribution in [3.63, 3.8) is 0 Å². The van der Waals surface area contributed by atoms with Gasteiger partial charge in [-0.25, -0.2) is 0 Å². The van der Waals surface area contributed by atoms with Gasteiger partial charge in [0.1, 0.15) is 36.8 Å². The molecule has 0 radical (unpaired) electrons. The van der Waals surface area contributed by atoms with Crippen LogP contribution in [0.1, 0.15) is 13.8 Å². The van der Waals surface area contributed by atoms with Gasteiger partial charge >= 0.3 is 0 Å². The van der Waals surface area contributed by atoms with Crippen LogP contribution in [0.4, 0.5) is 5.69 Å². The Hall–Kier alpha value is -2.37. The van der Waals surface area contributed by atoms with Crippen molar-refractivity contribution in [1.29, 1.82) is 0 Å². The van der Waals surface area contributed by atoms with E-state index in [1.54, 1.807) is 0 Å². The van der Waals surface area contributed by atoms with Crippen molar-refractivity contribution < 1.29 is 19.2 Å². The number of morpholine rings is 1. The zero-order chi connectivity index (χ0) is 17.6. The van der Waals surface area contributed by atoms with Crippen LogP contribution in [0.2, 0.25) is 0 Å². The number of rotatable bonds is 5. The highest BCUT2D eigenvalue weighted by Crippen LogP contribution is 2.23. The average Bonchev–Trinajstić information content (AvgIpc) is 2.55. The lowest BCUT2D eigenvalue weighted by Crippen LogP contribution is -3.16. The van der Waals surface area contributed by atoms with Crippen molar-refractivity contribution in [3.05, 3.63) is 54.6 Å². The smallest absolute Gasteiger partial charge is 0.279 e. The SMILES string of the molecule is C[C@@H]1C[NH+](CC(=O)Nc2cccc(Oc3ccccc3)c2)C[C@H](C)O1. The molecular weight excluding hydrogens is 316 g/mol. The summed E-state index contributed by atoms with van der Waals surface area (Å²) in [4.78, 5) is 13.6. The fourth-order valence-electron chi connectivity index (χ4n) is 3.23. The topological polar surface area (TPSA) is 52.0 Å². The van der Waals surface area contributed by atoms with E-state index in [1.807, 2.05) is 54.6 Å². The maximum atomic E-state index is 12.4. The molecule has 5 nitrogen and oxygen atoms in total. The number of carbonyl (C=O) groups excluding carboxylic acids is 1. The van der Waals surface area contributed by atoms with E-state index >= 15 is 0 Å². The van der Waals surface area contributed by atoms with E-state index in [-0.39, 0.29) is 18.1 Å². The lowest BCUT2D eigenvalue weighted by atomic mass is 10.2. The van der Waals surface area contributed by atoms with Crippen LogP contribution < -0.4 is 15.0 Å². The van der Waals surface area contributed by atoms with Crippen LogP contribution in [0.25, 0.3) is 0 Å². The van der Waals surface area contributed by atoms with Crippen LogP contribution in [0.15, 0.2) is 54.6 Å². The number of carbonyl (C=O) groups is 1. The molecule has 1 fully saturated rings. The Bertz CT molecular complexity index is 695. The first kappa shape index (κ1) is 17.5. The third-order valence-electron chi connectivity index (χ3n) is 4.12. The van der Waals surface area contributed by atoms with Gasteiger partial charge in [-0.2, -0.15) is 0 Å². The molecule has 0 saturated carbocycles. The Balaban J connectivity index is 1.57. The second-order valence-electron chi connectivity index (χ2n) is 6.58. The predicted octanol–water partition coefficient (Wildman–Crippen LogP) is 2.11. The van der Waals surface area contributed by atoms with E-state index in [2.05, 4.69) is 19.2 Å². The van der Waals surface area contributed by atoms with Crippen LogP contribution in [-0.2, 0) is 9.53 Å². The van der Waals surface area contributed by atoms with Gasteiger partial charge < -0.3 is 19.7 Å². The number of para-hydroxylation sites is 1. The first-order valence-corrected chi connectivity index (χ1v) is 8.70. The standard InChI is InChI=1S/C20H24N2O3/c1-15-12-22(13-16(2)24-15)14-20(23)21-17-7-6-10-19(11-17)25-18-8-4-3-5-9-18/h3-11,15-16H,12-14H2,1-2H3,(H,21,23)/p+1/t15-,16+. The number of amides is 1. The number of hydrogen-bond donors (Lipinski definition) is 2. The highest BCUT2D eigenvalue weighted by molar-refractivity contribution is 5.91. The maximum Gasteiger partial charge on any atom is 0.279 e. The highest BCUT2D eigenvalue weighted by atomic mass is 16.5. The number of benzene rings is 2. The Morgan fingerprint density at radius 1 is 1.08 bits per heavy atom. The molecule has 3 atom stereocenters. The van der Waals surface area contributed by atoms with Crippen molar-refractivity contribution >= 4 is 11.6 Å². The number of nitrogens with one attached hydrogen (secondary N) is 2. The minimum Gasteiger partial charge on any atom is -0.457 e. The van der Waals surface area contributed by atoms with Gasteiger partial charge in [0.25, 0.3) is 5.91 Å². The summed E-state index contributed by atoms with van der Waals surface area (Å²) in [6.45, 7) is 6.27. The average molecular weight is 341 g/mol. The molecule has 1 heterocycles. The fraction of sp³-hybridized carbons (Fsp3) is 0.350. The molecule has 2 N–H and O–H groups in total. The van der Waals surface area contributed by atoms with Crippen molar-refractivity contribution in [2.24, 2.45) is 0 Å². The van der Waals surface area contributed by atoms with Crippen LogP contribution in [0, 0.1) is 0 Å². The third kappa shape index (κ3) is 5.31. The van der Waals surface area contributed by atoms with Crippen LogP contribution in [0.5, 0.6) is 11.5 Å². The summed E-state index contributed by atoms with van der Waals surface area (Å²) in [7, 11) is 0. The third-order valence-corrected chi connectivity index (χ3v) is 4.12. The maximum absolute atomic E-state index is 12.4. The molecule has 1 unspecified atom stereocenters. The number of hydrogen-bond acceptors (Lipinski definition) is 3. The quantitative estimate of drug-likeness (QED) is 0.876. The Morgan fingerprint density at radius 2 is 1.76 bits per heavy atom. The summed E-state index contributed by atoms with van der Waals surface area (Å²) in [5.74, 6) is 1.48. The molecule has 25 heavy (non-hydrogen) atoms. The summed E-state index contributed by atoms with van der Waals surface area (Å²) in [5, 5.41) is 2.96. The number of ether oxygens (including phenoxy) is 2. The van der Waals surface area contributed by atoms with Crippen molar-refractivity contribution in [2.45, 2.75) is 26.1 Å². The Labute approximate surface area is 148 Å². The van der Waals surface area contributed by atoms with Gasteiger partial charge in [-0.05, 0) is 38.1 Å². The normalized spacial score (nSPS) is 23.0. The zero-order valence-electron chi connectivity index (χ0n) is 14.7. The molecule has 5 heteroatoms. The summed E-state index contributed by atoms with van der Waals surface area (Å²) in [6, 6.07) is 17.0. The minimum absolute atomic E-state index is 0.00756. The van der Waals surface area contributed by atoms with Crippen LogP contribution in [0.3, 0.4) is 0 Å². The van der Waals surface area contributed by atoms with Crippen molar-refractivity contribution in [3.8, 4) is 11.5 Å². The lowest BCUT2D eigenvalue weighted by Gasteiger charge is -2.31. The zero-order valence-corrected chi connectivity index (χ0v) is 14.7. The molecule has 3 rings (SSSR count). The van der Waals surface area contributed by atoms with E-state index < -0.39 is 0 Å². The van der Waals surface area contributed by atoms with Crippen molar-refractivity contribution in [1.82, 2.24) is 0 Å². The van der Waals surface area contributed by atoms with Gasteiger partial charge in [-0.3, -0.25) is 4.79 Å². The molecule has 1 saturated heterocycles. The van der Waals surface area contributed by atoms with Gasteiger partial charge in [0.2, 0.25) is 0 Å². The van der Waals surface area contributed by atoms with Gasteiger partial charge in [0.05, 0.1) is 0 Å². The second kappa shape index (κ2) is 8.14. The second-order valence-corrected chi connectivity index (χ2v) is 6.58. The molecule has 2 aromatic carbocycles. The van der Waals surface area contributed by atoms with Gasteiger partial charge in [-0.15, -0.1) is 0 Å². The summed E-state index contributed by atoms with van der Waals surface area (Å²) in [6.07, 6.45) is 0.378. The Kier molecular flexibility index (Phi) is 5.68. The predicted molar refractivity (Wildman–Crippen MR) is 97.2 cm³/mol. The first-order valence-electron chi connectivity index (χ1n) is 8.70. The minimum atomic E-state index is 0.00756. The van der Waals surface area contributed by atoms with E-state index in [0.717, 1.165) is 24.5 Å². The van der Waals surface area contributed by atoms with Gasteiger partial charge in [-0.1, -0.05) is 24.3 Å². The fourth-order valence-corrected chi connectivity index (χ4v) is 3.23. The molecule has 1 amide bonds. The molecule has 0 spiro atoms. The van der Waals surface area contributed by atoms with Gasteiger partial charge in [0.15, 0.2) is 6.54 Å². The van der Waals surface area contributed by atoms with E-state index in [0.29, 0.717) is 12.3 Å².